The molecule has 0 radical (unpaired) electrons. The second-order valence-corrected chi connectivity index (χ2v) is 36.0. The number of esters is 2. The average molecular weight is 2060 g/mol. The lowest BCUT2D eigenvalue weighted by Crippen LogP contribution is -2.34. The van der Waals surface area contributed by atoms with E-state index in [9.17, 15) is 58.0 Å². The summed E-state index contributed by atoms with van der Waals surface area (Å²) in [7, 11) is 0. The highest BCUT2D eigenvalue weighted by Crippen LogP contribution is 2.28. The van der Waals surface area contributed by atoms with Crippen molar-refractivity contribution in [3.8, 4) is 12.1 Å². The van der Waals surface area contributed by atoms with Crippen molar-refractivity contribution in [1.29, 1.82) is 10.5 Å². The highest BCUT2D eigenvalue weighted by atomic mass is 79.9. The van der Waals surface area contributed by atoms with Crippen molar-refractivity contribution in [3.63, 3.8) is 0 Å². The van der Waals surface area contributed by atoms with E-state index < -0.39 is 70.4 Å². The molecule has 3 fully saturated rings. The van der Waals surface area contributed by atoms with Gasteiger partial charge in [-0.05, 0) is 191 Å². The molecule has 0 bridgehead atoms. The smallest absolute Gasteiger partial charge is 0.413 e. The molecule has 1 aromatic carbocycles. The summed E-state index contributed by atoms with van der Waals surface area (Å²) < 4.78 is 35.3. The number of nitrogens with one attached hydrogen (secondary N) is 8. The van der Waals surface area contributed by atoms with Crippen molar-refractivity contribution < 1.29 is 91.0 Å². The Morgan fingerprint density at radius 2 is 0.878 bits per heavy atom. The van der Waals surface area contributed by atoms with Gasteiger partial charge >= 0.3 is 48.4 Å². The number of hydrogen-bond donors (Lipinski definition) is 11. The fourth-order valence-electron chi connectivity index (χ4n) is 10.6. The highest BCUT2D eigenvalue weighted by Gasteiger charge is 2.27. The number of carbonyl (C=O) groups is 11. The van der Waals surface area contributed by atoms with Crippen molar-refractivity contribution in [1.82, 2.24) is 85.7 Å². The van der Waals surface area contributed by atoms with Crippen molar-refractivity contribution in [2.75, 3.05) is 70.9 Å². The Balaban J connectivity index is 0.000000408. The summed E-state index contributed by atoms with van der Waals surface area (Å²) in [6, 6.07) is 11.1. The van der Waals surface area contributed by atoms with Gasteiger partial charge in [-0.25, -0.2) is 73.4 Å². The molecule has 0 saturated carbocycles. The molecule has 7 aromatic heterocycles. The number of aryl methyl sites for hydroxylation is 2. The predicted octanol–water partition coefficient (Wildman–Crippen LogP) is 14.6. The molecule has 11 rings (SSSR count). The van der Waals surface area contributed by atoms with Crippen molar-refractivity contribution in [2.24, 2.45) is 0 Å². The Labute approximate surface area is 823 Å². The Kier molecular flexibility index (Phi) is 51.1. The first-order valence-corrected chi connectivity index (χ1v) is 45.4. The number of aromatic carboxylic acids is 1. The number of halogens is 2. The lowest BCUT2D eigenvalue weighted by Gasteiger charge is -2.22. The largest absolute Gasteiger partial charge is 0.476 e. The van der Waals surface area contributed by atoms with Gasteiger partial charge in [0.05, 0.1) is 152 Å². The molecule has 3 aliphatic rings. The molecule has 13 N–H and O–H groups in total. The number of aromatic nitrogens is 14. The summed E-state index contributed by atoms with van der Waals surface area (Å²) in [5.74, 6) is 1.08. The Bertz CT molecular complexity index is 5310. The summed E-state index contributed by atoms with van der Waals surface area (Å²) >= 11 is 6.50. The summed E-state index contributed by atoms with van der Waals surface area (Å²) in [4.78, 5) is 178. The number of carboxylic acids is 1. The van der Waals surface area contributed by atoms with Crippen LogP contribution in [0.15, 0.2) is 122 Å². The average Bonchev–Trinajstić information content (AvgIpc) is 0.842. The molecule has 4 atom stereocenters. The monoisotopic (exact) mass is 2050 g/mol. The van der Waals surface area contributed by atoms with E-state index in [1.165, 1.54) is 43.4 Å². The van der Waals surface area contributed by atoms with Crippen LogP contribution in [0.1, 0.15) is 249 Å². The normalized spacial score (nSPS) is 14.2. The third-order valence-electron chi connectivity index (χ3n) is 16.8. The number of ether oxygens (including phenoxy) is 7. The third kappa shape index (κ3) is 53.9. The fourth-order valence-corrected chi connectivity index (χ4v) is 11.2. The number of carbonyl (C=O) groups excluding carboxylic acids is 10. The Hall–Kier alpha value is -14.8. The van der Waals surface area contributed by atoms with Crippen LogP contribution in [-0.4, -0.2) is 202 Å². The summed E-state index contributed by atoms with van der Waals surface area (Å²) in [6.07, 6.45) is 22.9. The van der Waals surface area contributed by atoms with Gasteiger partial charge in [0.1, 0.15) is 38.4 Å². The summed E-state index contributed by atoms with van der Waals surface area (Å²) in [5, 5.41) is 47.8. The lowest BCUT2D eigenvalue weighted by molar-refractivity contribution is -0.143. The zero-order valence-corrected chi connectivity index (χ0v) is 84.5. The van der Waals surface area contributed by atoms with Crippen LogP contribution in [0.2, 0.25) is 0 Å². The van der Waals surface area contributed by atoms with E-state index in [4.69, 9.17) is 50.3 Å². The molecule has 750 valence electrons. The van der Waals surface area contributed by atoms with E-state index in [-0.39, 0.29) is 65.9 Å². The van der Waals surface area contributed by atoms with Gasteiger partial charge in [-0.15, -0.1) is 0 Å². The van der Waals surface area contributed by atoms with E-state index in [2.05, 4.69) is 162 Å². The number of rotatable bonds is 18. The van der Waals surface area contributed by atoms with Crippen LogP contribution in [0.25, 0.3) is 0 Å². The van der Waals surface area contributed by atoms with Crippen LogP contribution in [0.4, 0.5) is 64.6 Å². The minimum atomic E-state index is -1.05. The number of carboxylic acid groups (broad SMARTS) is 1. The summed E-state index contributed by atoms with van der Waals surface area (Å²) in [5.41, 5.74) is 15.1. The number of nitrogen functional groups attached to an aromatic ring is 2. The minimum absolute atomic E-state index is 0.0226. The number of piperidine rings is 3. The first-order valence-electron chi connectivity index (χ1n) is 43.5. The van der Waals surface area contributed by atoms with E-state index in [0.29, 0.717) is 120 Å². The second-order valence-electron chi connectivity index (χ2n) is 34.7. The number of benzene rings is 1. The minimum Gasteiger partial charge on any atom is -0.476 e. The highest BCUT2D eigenvalue weighted by molar-refractivity contribution is 9.10. The van der Waals surface area contributed by atoms with Gasteiger partial charge in [-0.1, -0.05) is 34.6 Å². The van der Waals surface area contributed by atoms with Crippen LogP contribution in [0.3, 0.4) is 0 Å². The predicted molar refractivity (Wildman–Crippen MR) is 521 cm³/mol. The van der Waals surface area contributed by atoms with Gasteiger partial charge in [0.15, 0.2) is 34.8 Å². The molecule has 45 nitrogen and oxygen atoms in total. The molecule has 10 heterocycles. The first-order chi connectivity index (χ1) is 65.2. The van der Waals surface area contributed by atoms with Crippen LogP contribution in [0.5, 0.6) is 0 Å². The Morgan fingerprint density at radius 1 is 0.496 bits per heavy atom. The molecule has 3 aliphatic heterocycles. The molecule has 8 amide bonds. The van der Waals surface area contributed by atoms with Gasteiger partial charge in [0.25, 0.3) is 0 Å². The molecular weight excluding hydrogens is 1930 g/mol. The quantitative estimate of drug-likeness (QED) is 0.0164. The number of nitrogens with two attached hydrogens (primary N) is 2. The van der Waals surface area contributed by atoms with Gasteiger partial charge in [0.2, 0.25) is 17.7 Å². The first kappa shape index (κ1) is 118. The second kappa shape index (κ2) is 60.0. The zero-order chi connectivity index (χ0) is 104. The number of nitriles is 2. The van der Waals surface area contributed by atoms with Gasteiger partial charge in [0, 0.05) is 86.4 Å². The molecule has 47 heteroatoms. The van der Waals surface area contributed by atoms with Crippen molar-refractivity contribution in [2.45, 2.75) is 246 Å². The lowest BCUT2D eigenvalue weighted by atomic mass is 9.95. The number of anilines is 7. The molecule has 8 aromatic rings. The maximum absolute atomic E-state index is 11.7. The SMILES string of the molecule is C=CC(=O)OCC.CC(C)(C)OC(=O)Nc1cnc(C2CCC(=O)NC2)cn1.CC(C)(C)OC(=O)Nc1cnc(CBr)cn1.CC(C)(C)OC(=O)Nc1cnc(CC#N)cn1.CCOC(=O)CCC(C#N)c1ccc(NC(=O)OC(C)(C)C)cc1.Cc1cnc(C(=O)O)cn1.Cc1cnc(NC(=O)OC(C)(C)C)cn1.Nc1cnc(C2CCC(=O)NC2)cn1.Nc1ncc(C2CCC(=O)NC2)nc1Br. The molecule has 0 aliphatic carbocycles. The van der Waals surface area contributed by atoms with Crippen LogP contribution >= 0.6 is 31.9 Å². The molecular formula is C92H124Br2N26O19. The topological polar surface area (TPSA) is 649 Å². The maximum Gasteiger partial charge on any atom is 0.413 e. The van der Waals surface area contributed by atoms with Crippen molar-refractivity contribution >= 4 is 139 Å². The van der Waals surface area contributed by atoms with Gasteiger partial charge < -0.3 is 65.7 Å². The third-order valence-corrected chi connectivity index (χ3v) is 18.0. The van der Waals surface area contributed by atoms with E-state index in [0.717, 1.165) is 59.4 Å². The van der Waals surface area contributed by atoms with E-state index in [1.807, 2.05) is 13.0 Å². The standard InChI is InChI=1S/C18H24N2O4.C14H20N4O3.C11H14N4O2.C10H14BrN3O2.C10H15N3O2.C9H11BrN4O.C9H12N4O.C6H6N2O2.C5H8O2/c1-5-23-16(21)11-8-14(12-19)13-6-9-15(10-7-13)20-17(22)24-18(2,3)4;1-14(2,3)21-13(20)18-11-8-15-10(7-16-11)9-4-5-12(19)17-6-9;1-11(2,3)17-10(16)15-9-7-13-8(4-5-12)6-14-9;1-10(2,3)16-9(15)14-8-6-12-7(4-11)5-13-8;1-7-5-12-8(6-11-7)13-9(14)15-10(2,3)4;10-8-9(11)13-4-6(14-8)5-1-2-7(15)12-3-5;10-8-5-11-7(4-12-8)6-1-2-9(14)13-3-6;1-4-2-8-5(3-7-4)6(9)10;1-3-5(6)7-4-2/h6-7,9-10,14H,5,8,11H2,1-4H3,(H,20,22);7-9H,4-6H2,1-3H3,(H,17,19)(H,16,18,20);6-7H,4H2,1-3H3,(H,14,15,16);5-6H,4H2,1-3H3,(H,13,14,15);5-6H,1-4H3,(H,12,13,14);4-5H,1-3H2,(H2,11,13)(H,12,15);4-6H,1-3H2,(H2,10,12)(H,13,14);2-3H,1H3,(H,9,10);3H,1,4H2,2H3. The number of amides is 8. The molecule has 0 spiro atoms. The Morgan fingerprint density at radius 3 is 1.19 bits per heavy atom. The summed E-state index contributed by atoms with van der Waals surface area (Å²) in [6.45, 7) is 39.7. The zero-order valence-electron chi connectivity index (χ0n) is 81.4. The van der Waals surface area contributed by atoms with Crippen molar-refractivity contribution in [3.05, 3.63) is 173 Å². The number of hydrogen-bond acceptors (Lipinski definition) is 36. The fraction of sp³-hybridized carbons (Fsp3) is 0.467. The molecule has 139 heavy (non-hydrogen) atoms. The van der Waals surface area contributed by atoms with Crippen LogP contribution in [0, 0.1) is 36.5 Å². The number of alkyl halides is 1. The maximum atomic E-state index is 11.7. The number of nitrogens with zero attached hydrogens (tertiary/aromatic N) is 16. The van der Waals surface area contributed by atoms with Crippen LogP contribution < -0.4 is 54.0 Å². The van der Waals surface area contributed by atoms with Gasteiger partial charge in [-0.2, -0.15) is 10.5 Å². The van der Waals surface area contributed by atoms with Crippen LogP contribution in [-0.2, 0) is 68.9 Å². The van der Waals surface area contributed by atoms with E-state index in [1.54, 1.807) is 186 Å². The van der Waals surface area contributed by atoms with E-state index >= 15 is 0 Å². The van der Waals surface area contributed by atoms with Gasteiger partial charge in [-0.3, -0.25) is 75.7 Å². The molecule has 4 unspecified atom stereocenters. The molecule has 3 saturated heterocycles.